The number of fused-ring (bicyclic) bond motifs is 1. The molecule has 0 spiro atoms. The van der Waals surface area contributed by atoms with Crippen molar-refractivity contribution in [1.82, 2.24) is 4.98 Å². The molecule has 2 heterocycles. The van der Waals surface area contributed by atoms with Gasteiger partial charge in [0.05, 0.1) is 0 Å². The molecule has 0 aliphatic carbocycles. The van der Waals surface area contributed by atoms with Gasteiger partial charge in [-0.15, -0.1) is 0 Å². The predicted octanol–water partition coefficient (Wildman–Crippen LogP) is 5.68. The Balaban J connectivity index is 1.53. The number of hydrogen-bond donors (Lipinski definition) is 1. The van der Waals surface area contributed by atoms with Crippen LogP contribution < -0.4 is 5.32 Å². The van der Waals surface area contributed by atoms with Crippen molar-refractivity contribution >= 4 is 50.2 Å². The zero-order valence-electron chi connectivity index (χ0n) is 13.3. The second-order valence-corrected chi connectivity index (χ2v) is 6.87. The smallest absolute Gasteiger partial charge is 0.291 e. The lowest BCUT2D eigenvalue weighted by Crippen LogP contribution is -2.10. The molecular weight excluding hydrogens is 420 g/mol. The highest BCUT2D eigenvalue weighted by molar-refractivity contribution is 9.10. The summed E-state index contributed by atoms with van der Waals surface area (Å²) in [6, 6.07) is 16.1. The molecule has 1 N–H and O–H groups in total. The lowest BCUT2D eigenvalue weighted by molar-refractivity contribution is 0.0995. The van der Waals surface area contributed by atoms with Gasteiger partial charge in [0.2, 0.25) is 0 Å². The van der Waals surface area contributed by atoms with E-state index in [1.807, 2.05) is 24.3 Å². The van der Waals surface area contributed by atoms with Crippen molar-refractivity contribution in [3.63, 3.8) is 0 Å². The van der Waals surface area contributed by atoms with Gasteiger partial charge in [-0.3, -0.25) is 4.79 Å². The summed E-state index contributed by atoms with van der Waals surface area (Å²) in [5.41, 5.74) is 3.00. The maximum atomic E-state index is 12.2. The third-order valence-corrected chi connectivity index (χ3v) is 4.43. The number of hydrogen-bond acceptors (Lipinski definition) is 4. The van der Waals surface area contributed by atoms with Crippen molar-refractivity contribution in [2.75, 3.05) is 5.32 Å². The minimum Gasteiger partial charge on any atom is -0.444 e. The molecule has 0 atom stereocenters. The number of carbonyl (C=O) groups excluding carboxylic acids is 1. The zero-order valence-corrected chi connectivity index (χ0v) is 15.7. The molecule has 4 rings (SSSR count). The van der Waals surface area contributed by atoms with Crippen molar-refractivity contribution in [3.05, 3.63) is 81.5 Å². The molecule has 0 aliphatic heterocycles. The van der Waals surface area contributed by atoms with E-state index in [1.54, 1.807) is 30.3 Å². The number of rotatable bonds is 4. The van der Waals surface area contributed by atoms with Crippen LogP contribution in [0.25, 0.3) is 11.1 Å². The maximum Gasteiger partial charge on any atom is 0.291 e. The van der Waals surface area contributed by atoms with Crippen molar-refractivity contribution in [3.8, 4) is 0 Å². The van der Waals surface area contributed by atoms with Gasteiger partial charge in [-0.1, -0.05) is 23.7 Å². The van der Waals surface area contributed by atoms with Gasteiger partial charge in [-0.25, -0.2) is 4.98 Å². The van der Waals surface area contributed by atoms with E-state index >= 15 is 0 Å². The first-order valence-corrected chi connectivity index (χ1v) is 8.94. The number of benzene rings is 2. The Labute approximate surface area is 162 Å². The van der Waals surface area contributed by atoms with Gasteiger partial charge >= 0.3 is 0 Å². The normalized spacial score (nSPS) is 11.0. The average molecular weight is 432 g/mol. The van der Waals surface area contributed by atoms with Gasteiger partial charge < -0.3 is 14.2 Å². The van der Waals surface area contributed by atoms with Gasteiger partial charge in [-0.2, -0.15) is 0 Å². The lowest BCUT2D eigenvalue weighted by atomic mass is 10.1. The van der Waals surface area contributed by atoms with E-state index in [2.05, 4.69) is 26.2 Å². The van der Waals surface area contributed by atoms with E-state index in [9.17, 15) is 4.79 Å². The fraction of sp³-hybridized carbons (Fsp3) is 0.0526. The molecule has 130 valence electrons. The molecule has 4 aromatic rings. The Morgan fingerprint density at radius 3 is 2.62 bits per heavy atom. The molecule has 0 bridgehead atoms. The average Bonchev–Trinajstić information content (AvgIpc) is 3.22. The van der Waals surface area contributed by atoms with Crippen molar-refractivity contribution in [1.29, 1.82) is 0 Å². The molecule has 7 heteroatoms. The zero-order chi connectivity index (χ0) is 18.1. The number of carbonyl (C=O) groups is 1. The van der Waals surface area contributed by atoms with Crippen LogP contribution in [0.15, 0.2) is 68.1 Å². The number of aromatic nitrogens is 1. The SMILES string of the molecule is O=C(Nc1ccc2oc(Cc3ccc(Cl)cc3)nc2c1)c1ccc(Br)o1. The molecule has 0 radical (unpaired) electrons. The summed E-state index contributed by atoms with van der Waals surface area (Å²) in [4.78, 5) is 16.7. The van der Waals surface area contributed by atoms with Crippen LogP contribution >= 0.6 is 27.5 Å². The summed E-state index contributed by atoms with van der Waals surface area (Å²) in [7, 11) is 0. The number of amides is 1. The first-order valence-electron chi connectivity index (χ1n) is 7.77. The number of oxazole rings is 1. The van der Waals surface area contributed by atoms with E-state index in [-0.39, 0.29) is 11.7 Å². The molecular formula is C19H12BrClN2O3. The van der Waals surface area contributed by atoms with Gasteiger partial charge in [-0.05, 0) is 64.0 Å². The van der Waals surface area contributed by atoms with Gasteiger partial charge in [0.1, 0.15) is 5.52 Å². The Morgan fingerprint density at radius 1 is 1.08 bits per heavy atom. The van der Waals surface area contributed by atoms with Crippen molar-refractivity contribution in [2.45, 2.75) is 6.42 Å². The minimum absolute atomic E-state index is 0.223. The number of nitrogens with zero attached hydrogens (tertiary/aromatic N) is 1. The Kier molecular flexibility index (Phi) is 4.53. The summed E-state index contributed by atoms with van der Waals surface area (Å²) in [5, 5.41) is 3.47. The third kappa shape index (κ3) is 3.66. The van der Waals surface area contributed by atoms with Gasteiger partial charge in [0.15, 0.2) is 21.9 Å². The molecule has 0 aliphatic rings. The first-order chi connectivity index (χ1) is 12.6. The van der Waals surface area contributed by atoms with E-state index in [4.69, 9.17) is 20.4 Å². The van der Waals surface area contributed by atoms with Crippen LogP contribution in [-0.4, -0.2) is 10.9 Å². The highest BCUT2D eigenvalue weighted by Crippen LogP contribution is 2.23. The van der Waals surface area contributed by atoms with Crippen LogP contribution in [0.2, 0.25) is 5.02 Å². The molecule has 0 saturated heterocycles. The molecule has 2 aromatic carbocycles. The molecule has 5 nitrogen and oxygen atoms in total. The summed E-state index contributed by atoms with van der Waals surface area (Å²) in [6.07, 6.45) is 0.563. The topological polar surface area (TPSA) is 68.3 Å². The fourth-order valence-electron chi connectivity index (χ4n) is 2.53. The second-order valence-electron chi connectivity index (χ2n) is 5.65. The number of nitrogens with one attached hydrogen (secondary N) is 1. The molecule has 0 fully saturated rings. The van der Waals surface area contributed by atoms with E-state index in [0.29, 0.717) is 38.8 Å². The fourth-order valence-corrected chi connectivity index (χ4v) is 2.97. The monoisotopic (exact) mass is 430 g/mol. The highest BCUT2D eigenvalue weighted by Gasteiger charge is 2.12. The largest absolute Gasteiger partial charge is 0.444 e. The standard InChI is InChI=1S/C19H12BrClN2O3/c20-17-8-7-16(25-17)19(24)22-13-5-6-15-14(10-13)23-18(26-15)9-11-1-3-12(21)4-2-11/h1-8,10H,9H2,(H,22,24). The number of furan rings is 1. The van der Waals surface area contributed by atoms with Crippen LogP contribution in [0.3, 0.4) is 0 Å². The first kappa shape index (κ1) is 16.9. The van der Waals surface area contributed by atoms with Crippen molar-refractivity contribution < 1.29 is 13.6 Å². The van der Waals surface area contributed by atoms with Gasteiger partial charge in [0.25, 0.3) is 5.91 Å². The summed E-state index contributed by atoms with van der Waals surface area (Å²) < 4.78 is 11.5. The maximum absolute atomic E-state index is 12.2. The van der Waals surface area contributed by atoms with E-state index < -0.39 is 0 Å². The Morgan fingerprint density at radius 2 is 1.88 bits per heavy atom. The molecule has 2 aromatic heterocycles. The molecule has 26 heavy (non-hydrogen) atoms. The van der Waals surface area contributed by atoms with Crippen LogP contribution in [0, 0.1) is 0 Å². The van der Waals surface area contributed by atoms with Crippen LogP contribution in [0.4, 0.5) is 5.69 Å². The van der Waals surface area contributed by atoms with Crippen LogP contribution in [0.5, 0.6) is 0 Å². The predicted molar refractivity (Wildman–Crippen MR) is 103 cm³/mol. The Hall–Kier alpha value is -2.57. The van der Waals surface area contributed by atoms with E-state index in [1.165, 1.54) is 0 Å². The molecule has 1 amide bonds. The van der Waals surface area contributed by atoms with Gasteiger partial charge in [0, 0.05) is 17.1 Å². The van der Waals surface area contributed by atoms with Crippen LogP contribution in [-0.2, 0) is 6.42 Å². The van der Waals surface area contributed by atoms with Crippen molar-refractivity contribution in [2.24, 2.45) is 0 Å². The highest BCUT2D eigenvalue weighted by atomic mass is 79.9. The lowest BCUT2D eigenvalue weighted by Gasteiger charge is -2.02. The summed E-state index contributed by atoms with van der Waals surface area (Å²) in [5.74, 6) is 0.487. The van der Waals surface area contributed by atoms with Crippen LogP contribution in [0.1, 0.15) is 22.0 Å². The van der Waals surface area contributed by atoms with E-state index in [0.717, 1.165) is 5.56 Å². The number of halogens is 2. The number of anilines is 1. The summed E-state index contributed by atoms with van der Waals surface area (Å²) >= 11 is 9.08. The third-order valence-electron chi connectivity index (χ3n) is 3.76. The Bertz CT molecular complexity index is 1090. The molecule has 0 unspecified atom stereocenters. The quantitative estimate of drug-likeness (QED) is 0.451. The second kappa shape index (κ2) is 6.97. The molecule has 0 saturated carbocycles. The minimum atomic E-state index is -0.333. The summed E-state index contributed by atoms with van der Waals surface area (Å²) in [6.45, 7) is 0.